The molecule has 2 N–H and O–H groups in total. The zero-order valence-electron chi connectivity index (χ0n) is 9.87. The SMILES string of the molecule is Cc1cc2c(Oc3ccccc3N)nccn2n1. The number of para-hydroxylation sites is 2. The minimum Gasteiger partial charge on any atom is -0.435 e. The van der Waals surface area contributed by atoms with Gasteiger partial charge in [0.2, 0.25) is 5.88 Å². The Hall–Kier alpha value is -2.56. The summed E-state index contributed by atoms with van der Waals surface area (Å²) in [5.41, 5.74) is 8.15. The summed E-state index contributed by atoms with van der Waals surface area (Å²) < 4.78 is 7.47. The van der Waals surface area contributed by atoms with Crippen molar-refractivity contribution in [3.63, 3.8) is 0 Å². The molecule has 2 heterocycles. The normalized spacial score (nSPS) is 10.7. The molecule has 0 atom stereocenters. The fourth-order valence-corrected chi connectivity index (χ4v) is 1.78. The van der Waals surface area contributed by atoms with Crippen molar-refractivity contribution in [2.24, 2.45) is 0 Å². The number of ether oxygens (including phenoxy) is 1. The van der Waals surface area contributed by atoms with Gasteiger partial charge in [0.25, 0.3) is 0 Å². The van der Waals surface area contributed by atoms with Crippen molar-refractivity contribution < 1.29 is 4.74 Å². The maximum Gasteiger partial charge on any atom is 0.245 e. The van der Waals surface area contributed by atoms with Crippen LogP contribution in [0.5, 0.6) is 11.6 Å². The van der Waals surface area contributed by atoms with Crippen LogP contribution in [0.25, 0.3) is 5.52 Å². The molecule has 0 saturated heterocycles. The Labute approximate surface area is 104 Å². The number of nitrogen functional groups attached to an aromatic ring is 1. The quantitative estimate of drug-likeness (QED) is 0.698. The van der Waals surface area contributed by atoms with Gasteiger partial charge in [-0.25, -0.2) is 9.50 Å². The molecule has 0 aliphatic carbocycles. The fourth-order valence-electron chi connectivity index (χ4n) is 1.78. The number of fused-ring (bicyclic) bond motifs is 1. The minimum absolute atomic E-state index is 0.496. The second-order valence-electron chi connectivity index (χ2n) is 3.99. The molecule has 90 valence electrons. The predicted octanol–water partition coefficient (Wildman–Crippen LogP) is 2.41. The summed E-state index contributed by atoms with van der Waals surface area (Å²) in [7, 11) is 0. The van der Waals surface area contributed by atoms with E-state index in [2.05, 4.69) is 10.1 Å². The average Bonchev–Trinajstić information content (AvgIpc) is 2.73. The second kappa shape index (κ2) is 4.03. The van der Waals surface area contributed by atoms with Crippen LogP contribution in [0.2, 0.25) is 0 Å². The van der Waals surface area contributed by atoms with E-state index in [1.165, 1.54) is 0 Å². The lowest BCUT2D eigenvalue weighted by Crippen LogP contribution is -1.96. The second-order valence-corrected chi connectivity index (χ2v) is 3.99. The van der Waals surface area contributed by atoms with Crippen LogP contribution in [0.4, 0.5) is 5.69 Å². The van der Waals surface area contributed by atoms with E-state index in [-0.39, 0.29) is 0 Å². The minimum atomic E-state index is 0.496. The number of nitrogens with zero attached hydrogens (tertiary/aromatic N) is 3. The number of hydrogen-bond acceptors (Lipinski definition) is 4. The lowest BCUT2D eigenvalue weighted by atomic mass is 10.3. The van der Waals surface area contributed by atoms with Gasteiger partial charge in [-0.15, -0.1) is 0 Å². The van der Waals surface area contributed by atoms with Crippen molar-refractivity contribution in [1.29, 1.82) is 0 Å². The van der Waals surface area contributed by atoms with Crippen molar-refractivity contribution in [2.45, 2.75) is 6.92 Å². The Morgan fingerprint density at radius 2 is 2.11 bits per heavy atom. The molecule has 0 aliphatic heterocycles. The number of rotatable bonds is 2. The molecule has 0 amide bonds. The van der Waals surface area contributed by atoms with Crippen molar-refractivity contribution in [1.82, 2.24) is 14.6 Å². The highest BCUT2D eigenvalue weighted by molar-refractivity contribution is 5.60. The number of nitrogens with two attached hydrogens (primary N) is 1. The Kier molecular flexibility index (Phi) is 2.37. The molecule has 0 unspecified atom stereocenters. The summed E-state index contributed by atoms with van der Waals surface area (Å²) in [5.74, 6) is 1.09. The standard InChI is InChI=1S/C13H12N4O/c1-9-8-11-13(15-6-7-17(11)16-9)18-12-5-3-2-4-10(12)14/h2-8H,14H2,1H3. The van der Waals surface area contributed by atoms with Gasteiger partial charge in [0.05, 0.1) is 11.4 Å². The zero-order valence-corrected chi connectivity index (χ0v) is 9.87. The van der Waals surface area contributed by atoms with Gasteiger partial charge in [0.15, 0.2) is 5.75 Å². The van der Waals surface area contributed by atoms with Crippen LogP contribution in [-0.4, -0.2) is 14.6 Å². The van der Waals surface area contributed by atoms with E-state index in [0.29, 0.717) is 17.3 Å². The number of anilines is 1. The molecule has 18 heavy (non-hydrogen) atoms. The first-order valence-electron chi connectivity index (χ1n) is 5.57. The molecule has 0 spiro atoms. The number of aryl methyl sites for hydroxylation is 1. The van der Waals surface area contributed by atoms with E-state index >= 15 is 0 Å². The zero-order chi connectivity index (χ0) is 12.5. The number of hydrogen-bond donors (Lipinski definition) is 1. The Bertz CT molecular complexity index is 705. The van der Waals surface area contributed by atoms with Gasteiger partial charge in [-0.1, -0.05) is 12.1 Å². The Morgan fingerprint density at radius 3 is 2.94 bits per heavy atom. The van der Waals surface area contributed by atoms with Crippen molar-refractivity contribution >= 4 is 11.2 Å². The average molecular weight is 240 g/mol. The third kappa shape index (κ3) is 1.75. The van der Waals surface area contributed by atoms with E-state index in [4.69, 9.17) is 10.5 Å². The lowest BCUT2D eigenvalue weighted by Gasteiger charge is -2.07. The molecular formula is C13H12N4O. The maximum absolute atomic E-state index is 5.84. The highest BCUT2D eigenvalue weighted by Gasteiger charge is 2.08. The Balaban J connectivity index is 2.07. The van der Waals surface area contributed by atoms with Crippen LogP contribution >= 0.6 is 0 Å². The first-order chi connectivity index (χ1) is 8.74. The van der Waals surface area contributed by atoms with E-state index in [0.717, 1.165) is 11.2 Å². The molecule has 3 rings (SSSR count). The first kappa shape index (κ1) is 10.6. The molecule has 0 fully saturated rings. The van der Waals surface area contributed by atoms with Gasteiger partial charge in [0.1, 0.15) is 5.52 Å². The van der Waals surface area contributed by atoms with E-state index < -0.39 is 0 Å². The van der Waals surface area contributed by atoms with Gasteiger partial charge in [-0.05, 0) is 25.1 Å². The Morgan fingerprint density at radius 1 is 1.28 bits per heavy atom. The smallest absolute Gasteiger partial charge is 0.245 e. The van der Waals surface area contributed by atoms with Crippen LogP contribution in [0.15, 0.2) is 42.7 Å². The molecule has 0 bridgehead atoms. The van der Waals surface area contributed by atoms with Crippen molar-refractivity contribution in [2.75, 3.05) is 5.73 Å². The van der Waals surface area contributed by atoms with Crippen LogP contribution in [0.3, 0.4) is 0 Å². The summed E-state index contributed by atoms with van der Waals surface area (Å²) in [5, 5.41) is 4.30. The summed E-state index contributed by atoms with van der Waals surface area (Å²) >= 11 is 0. The van der Waals surface area contributed by atoms with Crippen LogP contribution in [-0.2, 0) is 0 Å². The lowest BCUT2D eigenvalue weighted by molar-refractivity contribution is 0.468. The number of benzene rings is 1. The van der Waals surface area contributed by atoms with Crippen molar-refractivity contribution in [3.8, 4) is 11.6 Å². The van der Waals surface area contributed by atoms with E-state index in [9.17, 15) is 0 Å². The summed E-state index contributed by atoms with van der Waals surface area (Å²) in [6.45, 7) is 1.92. The molecule has 1 aromatic carbocycles. The largest absolute Gasteiger partial charge is 0.435 e. The molecule has 0 radical (unpaired) electrons. The van der Waals surface area contributed by atoms with Gasteiger partial charge in [0, 0.05) is 12.4 Å². The van der Waals surface area contributed by atoms with Crippen molar-refractivity contribution in [3.05, 3.63) is 48.4 Å². The predicted molar refractivity (Wildman–Crippen MR) is 68.7 cm³/mol. The summed E-state index contributed by atoms with van der Waals surface area (Å²) in [4.78, 5) is 4.22. The van der Waals surface area contributed by atoms with Gasteiger partial charge >= 0.3 is 0 Å². The van der Waals surface area contributed by atoms with Gasteiger partial charge in [-0.3, -0.25) is 0 Å². The molecule has 3 aromatic rings. The monoisotopic (exact) mass is 240 g/mol. The third-order valence-electron chi connectivity index (χ3n) is 2.60. The van der Waals surface area contributed by atoms with Crippen LogP contribution in [0.1, 0.15) is 5.69 Å². The summed E-state index contributed by atoms with van der Waals surface area (Å²) in [6.07, 6.45) is 3.43. The van der Waals surface area contributed by atoms with E-state index in [1.54, 1.807) is 23.0 Å². The highest BCUT2D eigenvalue weighted by atomic mass is 16.5. The highest BCUT2D eigenvalue weighted by Crippen LogP contribution is 2.28. The summed E-state index contributed by atoms with van der Waals surface area (Å²) in [6, 6.07) is 9.24. The number of aromatic nitrogens is 3. The van der Waals surface area contributed by atoms with Crippen LogP contribution in [0, 0.1) is 6.92 Å². The first-order valence-corrected chi connectivity index (χ1v) is 5.57. The molecule has 0 aliphatic rings. The fraction of sp³-hybridized carbons (Fsp3) is 0.0769. The molecule has 0 saturated carbocycles. The molecule has 5 heteroatoms. The van der Waals surface area contributed by atoms with Gasteiger partial charge in [-0.2, -0.15) is 5.10 Å². The van der Waals surface area contributed by atoms with Crippen LogP contribution < -0.4 is 10.5 Å². The molecular weight excluding hydrogens is 228 g/mol. The molecule has 5 nitrogen and oxygen atoms in total. The third-order valence-corrected chi connectivity index (χ3v) is 2.60. The topological polar surface area (TPSA) is 65.4 Å². The maximum atomic E-state index is 5.84. The van der Waals surface area contributed by atoms with Gasteiger partial charge < -0.3 is 10.5 Å². The van der Waals surface area contributed by atoms with E-state index in [1.807, 2.05) is 31.2 Å². The molecule has 2 aromatic heterocycles.